The number of hydrogen-bond acceptors (Lipinski definition) is 6. The molecule has 0 saturated carbocycles. The van der Waals surface area contributed by atoms with Gasteiger partial charge in [-0.25, -0.2) is 0 Å². The molecule has 0 saturated heterocycles. The lowest BCUT2D eigenvalue weighted by Crippen LogP contribution is -2.11. The number of hydrogen-bond donors (Lipinski definition) is 0. The Morgan fingerprint density at radius 1 is 0.783 bits per heavy atom. The Balaban J connectivity index is 2.00. The van der Waals surface area contributed by atoms with Gasteiger partial charge in [-0.3, -0.25) is 0 Å². The van der Waals surface area contributed by atoms with Gasteiger partial charge in [-0.15, -0.1) is 0 Å². The van der Waals surface area contributed by atoms with Gasteiger partial charge in [0.25, 0.3) is 0 Å². The second kappa shape index (κ2) is 7.62. The molecule has 2 aromatic rings. The van der Waals surface area contributed by atoms with E-state index in [2.05, 4.69) is 0 Å². The van der Waals surface area contributed by atoms with Gasteiger partial charge < -0.3 is 18.8 Å². The zero-order valence-electron chi connectivity index (χ0n) is 12.7. The smallest absolute Gasteiger partial charge is 0.528 e. The fraction of sp³-hybridized carbons (Fsp3) is 0.125. The SMILES string of the molecule is COc1cc(OBOc2ccc(C#N)c(OC)c2)ccc1C#N. The van der Waals surface area contributed by atoms with Gasteiger partial charge in [0.15, 0.2) is 0 Å². The van der Waals surface area contributed by atoms with Crippen LogP contribution in [0.2, 0.25) is 0 Å². The van der Waals surface area contributed by atoms with Crippen molar-refractivity contribution < 1.29 is 18.8 Å². The monoisotopic (exact) mass is 308 g/mol. The van der Waals surface area contributed by atoms with Crippen LogP contribution in [0.25, 0.3) is 0 Å². The molecule has 0 heterocycles. The molecule has 7 heteroatoms. The van der Waals surface area contributed by atoms with Crippen LogP contribution < -0.4 is 18.8 Å². The fourth-order valence-electron chi connectivity index (χ4n) is 1.87. The summed E-state index contributed by atoms with van der Waals surface area (Å²) >= 11 is 0. The summed E-state index contributed by atoms with van der Waals surface area (Å²) in [5, 5.41) is 17.9. The van der Waals surface area contributed by atoms with Gasteiger partial charge in [0.2, 0.25) is 0 Å². The van der Waals surface area contributed by atoms with Crippen LogP contribution in [-0.2, 0) is 0 Å². The van der Waals surface area contributed by atoms with Crippen LogP contribution in [0.3, 0.4) is 0 Å². The van der Waals surface area contributed by atoms with Gasteiger partial charge >= 0.3 is 7.69 Å². The van der Waals surface area contributed by atoms with Crippen molar-refractivity contribution in [2.75, 3.05) is 14.2 Å². The number of rotatable bonds is 6. The Bertz CT molecular complexity index is 715. The van der Waals surface area contributed by atoms with Crippen LogP contribution in [0.5, 0.6) is 23.0 Å². The first-order valence-electron chi connectivity index (χ1n) is 6.63. The van der Waals surface area contributed by atoms with Crippen LogP contribution in [0.4, 0.5) is 0 Å². The van der Waals surface area contributed by atoms with E-state index < -0.39 is 0 Å². The molecule has 0 N–H and O–H groups in total. The van der Waals surface area contributed by atoms with Crippen molar-refractivity contribution in [3.05, 3.63) is 47.5 Å². The minimum absolute atomic E-state index is 0.0376. The van der Waals surface area contributed by atoms with Crippen LogP contribution in [-0.4, -0.2) is 21.9 Å². The van der Waals surface area contributed by atoms with Gasteiger partial charge in [0.05, 0.1) is 25.3 Å². The highest BCUT2D eigenvalue weighted by Crippen LogP contribution is 2.25. The number of nitriles is 2. The summed E-state index contributed by atoms with van der Waals surface area (Å²) in [6.07, 6.45) is 0. The summed E-state index contributed by atoms with van der Waals surface area (Å²) in [6.45, 7) is 0. The average molecular weight is 308 g/mol. The Kier molecular flexibility index (Phi) is 5.32. The van der Waals surface area contributed by atoms with Gasteiger partial charge in [-0.1, -0.05) is 0 Å². The molecule has 23 heavy (non-hydrogen) atoms. The zero-order chi connectivity index (χ0) is 16.7. The quantitative estimate of drug-likeness (QED) is 0.760. The van der Waals surface area contributed by atoms with Crippen molar-refractivity contribution in [3.8, 4) is 35.1 Å². The first-order valence-corrected chi connectivity index (χ1v) is 6.63. The summed E-state index contributed by atoms with van der Waals surface area (Å²) in [5.41, 5.74) is 0.857. The molecule has 0 aromatic heterocycles. The minimum atomic E-state index is -0.0376. The van der Waals surface area contributed by atoms with Crippen molar-refractivity contribution in [1.82, 2.24) is 0 Å². The van der Waals surface area contributed by atoms with Crippen molar-refractivity contribution >= 4 is 7.69 Å². The Morgan fingerprint density at radius 3 is 1.57 bits per heavy atom. The predicted octanol–water partition coefficient (Wildman–Crippen LogP) is 2.17. The summed E-state index contributed by atoms with van der Waals surface area (Å²) in [7, 11) is 2.93. The average Bonchev–Trinajstić information content (AvgIpc) is 2.61. The molecule has 0 radical (unpaired) electrons. The van der Waals surface area contributed by atoms with Crippen molar-refractivity contribution in [2.45, 2.75) is 0 Å². The van der Waals surface area contributed by atoms with Gasteiger partial charge in [0, 0.05) is 12.1 Å². The van der Waals surface area contributed by atoms with Gasteiger partial charge in [-0.05, 0) is 24.3 Å². The molecule has 0 atom stereocenters. The van der Waals surface area contributed by atoms with Crippen molar-refractivity contribution in [2.24, 2.45) is 0 Å². The van der Waals surface area contributed by atoms with Crippen molar-refractivity contribution in [3.63, 3.8) is 0 Å². The van der Waals surface area contributed by atoms with Crippen LogP contribution in [0, 0.1) is 22.7 Å². The molecule has 0 aliphatic rings. The molecule has 0 aliphatic carbocycles. The molecule has 0 bridgehead atoms. The normalized spacial score (nSPS) is 9.22. The highest BCUT2D eigenvalue weighted by atomic mass is 16.6. The zero-order valence-corrected chi connectivity index (χ0v) is 12.7. The van der Waals surface area contributed by atoms with E-state index in [-0.39, 0.29) is 7.69 Å². The molecule has 6 nitrogen and oxygen atoms in total. The third kappa shape index (κ3) is 3.87. The van der Waals surface area contributed by atoms with Crippen LogP contribution in [0.15, 0.2) is 36.4 Å². The van der Waals surface area contributed by atoms with E-state index in [0.717, 1.165) is 0 Å². The van der Waals surface area contributed by atoms with Crippen molar-refractivity contribution in [1.29, 1.82) is 10.5 Å². The van der Waals surface area contributed by atoms with Crippen LogP contribution >= 0.6 is 0 Å². The summed E-state index contributed by atoms with van der Waals surface area (Å²) in [5.74, 6) is 1.90. The summed E-state index contributed by atoms with van der Waals surface area (Å²) < 4.78 is 21.1. The van der Waals surface area contributed by atoms with E-state index in [1.54, 1.807) is 36.4 Å². The first-order chi connectivity index (χ1) is 11.2. The molecule has 114 valence electrons. The third-order valence-electron chi connectivity index (χ3n) is 3.04. The highest BCUT2D eigenvalue weighted by molar-refractivity contribution is 6.20. The standard InChI is InChI=1S/C16H13BN2O4/c1-20-15-7-13(5-3-11(15)9-18)22-17-23-14-6-4-12(10-19)16(8-14)21-2/h3-8,17H,1-2H3. The molecule has 0 fully saturated rings. The van der Waals surface area contributed by atoms with Gasteiger partial charge in [-0.2, -0.15) is 10.5 Å². The molecule has 0 unspecified atom stereocenters. The fourth-order valence-corrected chi connectivity index (χ4v) is 1.87. The van der Waals surface area contributed by atoms with E-state index in [1.807, 2.05) is 12.1 Å². The topological polar surface area (TPSA) is 84.5 Å². The number of ether oxygens (including phenoxy) is 2. The molecule has 2 rings (SSSR count). The Labute approximate surface area is 134 Å². The molecule has 0 spiro atoms. The third-order valence-corrected chi connectivity index (χ3v) is 3.04. The van der Waals surface area contributed by atoms with E-state index in [1.165, 1.54) is 14.2 Å². The lowest BCUT2D eigenvalue weighted by molar-refractivity contribution is 0.405. The molecular weight excluding hydrogens is 295 g/mol. The number of nitrogens with zero attached hydrogens (tertiary/aromatic N) is 2. The molecule has 2 aromatic carbocycles. The summed E-state index contributed by atoms with van der Waals surface area (Å²) in [4.78, 5) is 0. The molecule has 0 amide bonds. The lowest BCUT2D eigenvalue weighted by atomic mass is 10.2. The Morgan fingerprint density at radius 2 is 1.22 bits per heavy atom. The predicted molar refractivity (Wildman–Crippen MR) is 83.8 cm³/mol. The number of benzene rings is 2. The first kappa shape index (κ1) is 16.1. The highest BCUT2D eigenvalue weighted by Gasteiger charge is 2.08. The lowest BCUT2D eigenvalue weighted by Gasteiger charge is -2.10. The van der Waals surface area contributed by atoms with E-state index in [9.17, 15) is 0 Å². The molecular formula is C16H13BN2O4. The van der Waals surface area contributed by atoms with Crippen LogP contribution in [0.1, 0.15) is 11.1 Å². The summed E-state index contributed by atoms with van der Waals surface area (Å²) in [6, 6.07) is 13.8. The molecule has 0 aliphatic heterocycles. The van der Waals surface area contributed by atoms with E-state index in [4.69, 9.17) is 29.3 Å². The maximum Gasteiger partial charge on any atom is 0.576 e. The second-order valence-electron chi connectivity index (χ2n) is 4.35. The maximum absolute atomic E-state index is 8.93. The number of methoxy groups -OCH3 is 2. The van der Waals surface area contributed by atoms with E-state index >= 15 is 0 Å². The maximum atomic E-state index is 8.93. The minimum Gasteiger partial charge on any atom is -0.528 e. The largest absolute Gasteiger partial charge is 0.576 e. The van der Waals surface area contributed by atoms with Gasteiger partial charge in [0.1, 0.15) is 35.1 Å². The Hall–Kier alpha value is -3.32. The van der Waals surface area contributed by atoms with E-state index in [0.29, 0.717) is 34.1 Å². The second-order valence-corrected chi connectivity index (χ2v) is 4.35.